The van der Waals surface area contributed by atoms with Gasteiger partial charge in [0.05, 0.1) is 24.9 Å². The summed E-state index contributed by atoms with van der Waals surface area (Å²) >= 11 is 4.86. The van der Waals surface area contributed by atoms with Gasteiger partial charge in [0.15, 0.2) is 0 Å². The summed E-state index contributed by atoms with van der Waals surface area (Å²) in [7, 11) is 0. The van der Waals surface area contributed by atoms with Gasteiger partial charge in [0, 0.05) is 30.6 Å². The Labute approximate surface area is 328 Å². The molecule has 3 aromatic carbocycles. The van der Waals surface area contributed by atoms with Gasteiger partial charge in [0.1, 0.15) is 22.5 Å². The zero-order valence-corrected chi connectivity index (χ0v) is 34.4. The van der Waals surface area contributed by atoms with Crippen LogP contribution in [0.15, 0.2) is 108 Å². The molecular formula is C46H52N2O2S3. The first kappa shape index (κ1) is 38.7. The van der Waals surface area contributed by atoms with Crippen LogP contribution in [0.25, 0.3) is 52.8 Å². The standard InChI is InChI=1S/C46H52N2O2S3/c1-31(2)9-7-11-33(5)27-29-49-37-17-13-35(14-18-37)41-23-25-43(51-41)39-21-22-40(46-45(39)47-53-48-46)44-26-24-42(52-44)36-15-19-38(20-16-36)50-30-28-34(6)12-8-10-32(3)4/h9-10,13-26,33-34H,7-8,11-12,27-30H2,1-6H3. The number of ether oxygens (including phenoxy) is 2. The Hall–Kier alpha value is -4.04. The van der Waals surface area contributed by atoms with E-state index in [1.54, 1.807) is 22.7 Å². The van der Waals surface area contributed by atoms with Crippen LogP contribution in [0.3, 0.4) is 0 Å². The van der Waals surface area contributed by atoms with Gasteiger partial charge in [-0.15, -0.1) is 22.7 Å². The smallest absolute Gasteiger partial charge is 0.119 e. The van der Waals surface area contributed by atoms with Crippen LogP contribution < -0.4 is 9.47 Å². The van der Waals surface area contributed by atoms with Crippen LogP contribution in [0.4, 0.5) is 0 Å². The lowest BCUT2D eigenvalue weighted by atomic mass is 10.0. The predicted molar refractivity (Wildman–Crippen MR) is 231 cm³/mol. The van der Waals surface area contributed by atoms with Crippen LogP contribution in [0, 0.1) is 11.8 Å². The summed E-state index contributed by atoms with van der Waals surface area (Å²) in [6, 6.07) is 30.3. The van der Waals surface area contributed by atoms with Crippen LogP contribution in [0.1, 0.15) is 80.1 Å². The second kappa shape index (κ2) is 18.8. The van der Waals surface area contributed by atoms with Crippen molar-refractivity contribution in [2.24, 2.45) is 11.8 Å². The molecule has 3 heterocycles. The van der Waals surface area contributed by atoms with Crippen molar-refractivity contribution in [1.82, 2.24) is 8.75 Å². The summed E-state index contributed by atoms with van der Waals surface area (Å²) in [5.74, 6) is 3.16. The van der Waals surface area contributed by atoms with E-state index in [2.05, 4.69) is 139 Å². The molecule has 3 aromatic heterocycles. The maximum Gasteiger partial charge on any atom is 0.119 e. The molecular weight excluding hydrogens is 709 g/mol. The van der Waals surface area contributed by atoms with Gasteiger partial charge < -0.3 is 9.47 Å². The second-order valence-corrected chi connectivity index (χ2v) is 17.4. The third kappa shape index (κ3) is 10.8. The fraction of sp³-hybridized carbons (Fsp3) is 0.348. The Morgan fingerprint density at radius 1 is 0.528 bits per heavy atom. The molecule has 2 atom stereocenters. The largest absolute Gasteiger partial charge is 0.494 e. The minimum absolute atomic E-state index is 0.654. The summed E-state index contributed by atoms with van der Waals surface area (Å²) < 4.78 is 21.7. The number of nitrogens with zero attached hydrogens (tertiary/aromatic N) is 2. The highest BCUT2D eigenvalue weighted by Gasteiger charge is 2.17. The van der Waals surface area contributed by atoms with Crippen molar-refractivity contribution in [2.75, 3.05) is 13.2 Å². The van der Waals surface area contributed by atoms with Crippen LogP contribution >= 0.6 is 34.4 Å². The molecule has 6 rings (SSSR count). The quantitative estimate of drug-likeness (QED) is 0.0819. The monoisotopic (exact) mass is 760 g/mol. The van der Waals surface area contributed by atoms with E-state index in [4.69, 9.17) is 18.2 Å². The number of hydrogen-bond acceptors (Lipinski definition) is 7. The van der Waals surface area contributed by atoms with Crippen molar-refractivity contribution in [3.63, 3.8) is 0 Å². The zero-order valence-electron chi connectivity index (χ0n) is 32.0. The average Bonchev–Trinajstić information content (AvgIpc) is 3.94. The van der Waals surface area contributed by atoms with E-state index >= 15 is 0 Å². The van der Waals surface area contributed by atoms with E-state index < -0.39 is 0 Å². The summed E-state index contributed by atoms with van der Waals surface area (Å²) in [5.41, 5.74) is 9.35. The normalized spacial score (nSPS) is 12.4. The minimum atomic E-state index is 0.654. The third-order valence-corrected chi connectivity index (χ3v) is 12.5. The van der Waals surface area contributed by atoms with E-state index in [-0.39, 0.29) is 0 Å². The van der Waals surface area contributed by atoms with E-state index in [1.807, 2.05) is 0 Å². The second-order valence-electron chi connectivity index (χ2n) is 14.7. The van der Waals surface area contributed by atoms with Crippen molar-refractivity contribution in [3.05, 3.63) is 108 Å². The van der Waals surface area contributed by atoms with Crippen molar-refractivity contribution in [3.8, 4) is 53.3 Å². The molecule has 0 aliphatic rings. The molecule has 0 aliphatic carbocycles. The van der Waals surface area contributed by atoms with Crippen molar-refractivity contribution >= 4 is 45.4 Å². The van der Waals surface area contributed by atoms with Crippen LogP contribution in [-0.2, 0) is 0 Å². The molecule has 0 spiro atoms. The van der Waals surface area contributed by atoms with Crippen LogP contribution in [0.5, 0.6) is 11.5 Å². The highest BCUT2D eigenvalue weighted by molar-refractivity contribution is 7.19. The summed E-state index contributed by atoms with van der Waals surface area (Å²) in [5, 5.41) is 0. The molecule has 276 valence electrons. The lowest BCUT2D eigenvalue weighted by molar-refractivity contribution is 0.279. The maximum absolute atomic E-state index is 6.09. The van der Waals surface area contributed by atoms with E-state index in [1.165, 1.54) is 66.4 Å². The summed E-state index contributed by atoms with van der Waals surface area (Å²) in [6.45, 7) is 14.8. The molecule has 53 heavy (non-hydrogen) atoms. The van der Waals surface area contributed by atoms with Gasteiger partial charge >= 0.3 is 0 Å². The van der Waals surface area contributed by atoms with Gasteiger partial charge in [-0.2, -0.15) is 8.75 Å². The lowest BCUT2D eigenvalue weighted by Crippen LogP contribution is -2.04. The van der Waals surface area contributed by atoms with Gasteiger partial charge in [-0.1, -0.05) is 49.3 Å². The number of hydrogen-bond donors (Lipinski definition) is 0. The fourth-order valence-corrected chi connectivity index (χ4v) is 8.98. The molecule has 0 saturated heterocycles. The number of thiophene rings is 2. The topological polar surface area (TPSA) is 44.2 Å². The Bertz CT molecular complexity index is 1960. The average molecular weight is 761 g/mol. The number of benzene rings is 3. The molecule has 7 heteroatoms. The Morgan fingerprint density at radius 2 is 0.925 bits per heavy atom. The van der Waals surface area contributed by atoms with Gasteiger partial charge in [0.25, 0.3) is 0 Å². The molecule has 0 bridgehead atoms. The Kier molecular flexibility index (Phi) is 13.7. The third-order valence-electron chi connectivity index (χ3n) is 9.62. The minimum Gasteiger partial charge on any atom is -0.494 e. The first-order valence-electron chi connectivity index (χ1n) is 18.9. The molecule has 6 aromatic rings. The van der Waals surface area contributed by atoms with E-state index in [0.29, 0.717) is 11.8 Å². The number of rotatable bonds is 18. The van der Waals surface area contributed by atoms with Crippen molar-refractivity contribution in [2.45, 2.75) is 80.1 Å². The number of allylic oxidation sites excluding steroid dienone is 4. The van der Waals surface area contributed by atoms with Gasteiger partial charge in [-0.25, -0.2) is 0 Å². The SMILES string of the molecule is CC(C)=CCCC(C)CCOc1ccc(-c2ccc(-c3ccc(-c4ccc(-c5ccc(OCCC(C)CCC=C(C)C)cc5)s4)c4nsnc34)s2)cc1. The molecule has 0 amide bonds. The summed E-state index contributed by atoms with van der Waals surface area (Å²) in [6.07, 6.45) is 11.5. The van der Waals surface area contributed by atoms with E-state index in [0.717, 1.165) is 72.6 Å². The summed E-state index contributed by atoms with van der Waals surface area (Å²) in [4.78, 5) is 4.84. The highest BCUT2D eigenvalue weighted by atomic mass is 32.1. The van der Waals surface area contributed by atoms with Crippen LogP contribution in [-0.4, -0.2) is 22.0 Å². The molecule has 0 radical (unpaired) electrons. The lowest BCUT2D eigenvalue weighted by Gasteiger charge is -2.12. The predicted octanol–water partition coefficient (Wildman–Crippen LogP) is 14.8. The molecule has 0 fully saturated rings. The van der Waals surface area contributed by atoms with Crippen molar-refractivity contribution in [1.29, 1.82) is 0 Å². The van der Waals surface area contributed by atoms with Crippen molar-refractivity contribution < 1.29 is 9.47 Å². The van der Waals surface area contributed by atoms with Gasteiger partial charge in [-0.3, -0.25) is 0 Å². The Balaban J connectivity index is 1.06. The molecule has 0 aliphatic heterocycles. The number of fused-ring (bicyclic) bond motifs is 1. The number of aromatic nitrogens is 2. The first-order chi connectivity index (χ1) is 25.7. The Morgan fingerprint density at radius 3 is 1.32 bits per heavy atom. The molecule has 4 nitrogen and oxygen atoms in total. The zero-order chi connectivity index (χ0) is 37.2. The molecule has 2 unspecified atom stereocenters. The fourth-order valence-electron chi connectivity index (χ4n) is 6.33. The first-order valence-corrected chi connectivity index (χ1v) is 21.3. The maximum atomic E-state index is 6.09. The molecule has 0 saturated carbocycles. The molecule has 0 N–H and O–H groups in total. The van der Waals surface area contributed by atoms with Gasteiger partial charge in [-0.05, 0) is 162 Å². The highest BCUT2D eigenvalue weighted by Crippen LogP contribution is 2.42. The van der Waals surface area contributed by atoms with Crippen LogP contribution in [0.2, 0.25) is 0 Å². The van der Waals surface area contributed by atoms with Gasteiger partial charge in [0.2, 0.25) is 0 Å². The van der Waals surface area contributed by atoms with E-state index in [9.17, 15) is 0 Å².